The molecule has 3 heterocycles. The lowest BCUT2D eigenvalue weighted by Gasteiger charge is -2.43. The van der Waals surface area contributed by atoms with E-state index in [1.54, 1.807) is 6.20 Å². The van der Waals surface area contributed by atoms with Gasteiger partial charge in [0.25, 0.3) is 0 Å². The number of nitrogens with zero attached hydrogens (tertiary/aromatic N) is 4. The van der Waals surface area contributed by atoms with Crippen molar-refractivity contribution < 1.29 is 0 Å². The smallest absolute Gasteiger partial charge is 0.146 e. The Bertz CT molecular complexity index is 495. The summed E-state index contributed by atoms with van der Waals surface area (Å²) in [5, 5.41) is 12.6. The Hall–Kier alpha value is -1.64. The second kappa shape index (κ2) is 5.16. The molecule has 0 amide bonds. The van der Waals surface area contributed by atoms with Crippen LogP contribution in [0.1, 0.15) is 11.1 Å². The molecule has 0 unspecified atom stereocenters. The Kier molecular flexibility index (Phi) is 3.36. The van der Waals surface area contributed by atoms with Crippen molar-refractivity contribution in [3.05, 3.63) is 23.4 Å². The van der Waals surface area contributed by atoms with E-state index >= 15 is 0 Å². The van der Waals surface area contributed by atoms with E-state index < -0.39 is 0 Å². The monoisotopic (exact) mass is 257 g/mol. The van der Waals surface area contributed by atoms with E-state index in [1.807, 2.05) is 13.0 Å². The Balaban J connectivity index is 1.71. The van der Waals surface area contributed by atoms with Crippen LogP contribution in [-0.4, -0.2) is 55.2 Å². The molecule has 0 aliphatic carbocycles. The van der Waals surface area contributed by atoms with Crippen LogP contribution in [-0.2, 0) is 0 Å². The minimum absolute atomic E-state index is 0.711. The fourth-order valence-electron chi connectivity index (χ4n) is 2.75. The molecular weight excluding hydrogens is 238 g/mol. The van der Waals surface area contributed by atoms with E-state index in [1.165, 1.54) is 0 Å². The van der Waals surface area contributed by atoms with Crippen LogP contribution in [0.3, 0.4) is 0 Å². The first-order chi connectivity index (χ1) is 9.29. The zero-order chi connectivity index (χ0) is 13.2. The first-order valence-corrected chi connectivity index (χ1v) is 6.85. The normalized spacial score (nSPS) is 20.9. The molecule has 1 aromatic rings. The molecule has 0 spiro atoms. The largest absolute Gasteiger partial charge is 0.353 e. The predicted octanol–water partition coefficient (Wildman–Crippen LogP) is 0.356. The Morgan fingerprint density at radius 3 is 2.63 bits per heavy atom. The van der Waals surface area contributed by atoms with Gasteiger partial charge in [-0.3, -0.25) is 4.90 Å². The molecule has 100 valence electrons. The summed E-state index contributed by atoms with van der Waals surface area (Å²) in [7, 11) is 0. The number of aromatic nitrogens is 1. The van der Waals surface area contributed by atoms with Crippen molar-refractivity contribution in [1.82, 2.24) is 15.2 Å². The second-order valence-corrected chi connectivity index (χ2v) is 5.27. The van der Waals surface area contributed by atoms with Gasteiger partial charge in [0.1, 0.15) is 11.9 Å². The minimum Gasteiger partial charge on any atom is -0.353 e. The van der Waals surface area contributed by atoms with Gasteiger partial charge in [-0.2, -0.15) is 5.26 Å². The van der Waals surface area contributed by atoms with Crippen LogP contribution in [0.4, 0.5) is 5.82 Å². The van der Waals surface area contributed by atoms with Gasteiger partial charge in [-0.1, -0.05) is 0 Å². The Morgan fingerprint density at radius 2 is 2.05 bits per heavy atom. The Labute approximate surface area is 113 Å². The predicted molar refractivity (Wildman–Crippen MR) is 74.1 cm³/mol. The first kappa shape index (κ1) is 12.4. The van der Waals surface area contributed by atoms with E-state index in [0.29, 0.717) is 6.04 Å². The summed E-state index contributed by atoms with van der Waals surface area (Å²) in [5.41, 5.74) is 1.74. The number of nitriles is 1. The third-order valence-electron chi connectivity index (χ3n) is 4.14. The van der Waals surface area contributed by atoms with Gasteiger partial charge < -0.3 is 10.2 Å². The van der Waals surface area contributed by atoms with Crippen molar-refractivity contribution in [3.8, 4) is 6.07 Å². The molecule has 2 saturated heterocycles. The highest BCUT2D eigenvalue weighted by Crippen LogP contribution is 2.22. The number of aryl methyl sites for hydroxylation is 1. The molecule has 5 heteroatoms. The molecule has 0 aromatic carbocycles. The van der Waals surface area contributed by atoms with Gasteiger partial charge in [0.05, 0.1) is 5.56 Å². The lowest BCUT2D eigenvalue weighted by molar-refractivity contribution is 0.137. The maximum absolute atomic E-state index is 9.28. The molecule has 0 atom stereocenters. The van der Waals surface area contributed by atoms with Crippen LogP contribution in [0.25, 0.3) is 0 Å². The van der Waals surface area contributed by atoms with Crippen molar-refractivity contribution in [2.45, 2.75) is 13.0 Å². The molecule has 1 N–H and O–H groups in total. The highest BCUT2D eigenvalue weighted by molar-refractivity contribution is 5.57. The second-order valence-electron chi connectivity index (χ2n) is 5.27. The van der Waals surface area contributed by atoms with Crippen LogP contribution in [0.5, 0.6) is 0 Å². The van der Waals surface area contributed by atoms with Crippen molar-refractivity contribution >= 4 is 5.82 Å². The van der Waals surface area contributed by atoms with E-state index in [0.717, 1.165) is 56.2 Å². The molecule has 0 saturated carbocycles. The third kappa shape index (κ3) is 2.29. The van der Waals surface area contributed by atoms with Gasteiger partial charge in [-0.15, -0.1) is 0 Å². The van der Waals surface area contributed by atoms with E-state index in [9.17, 15) is 5.26 Å². The van der Waals surface area contributed by atoms with E-state index in [2.05, 4.69) is 26.2 Å². The molecule has 2 fully saturated rings. The fourth-order valence-corrected chi connectivity index (χ4v) is 2.75. The number of rotatable bonds is 2. The van der Waals surface area contributed by atoms with Crippen LogP contribution >= 0.6 is 0 Å². The van der Waals surface area contributed by atoms with Gasteiger partial charge in [0, 0.05) is 51.5 Å². The number of pyridine rings is 1. The summed E-state index contributed by atoms with van der Waals surface area (Å²) < 4.78 is 0. The van der Waals surface area contributed by atoms with Gasteiger partial charge in [0.15, 0.2) is 0 Å². The lowest BCUT2D eigenvalue weighted by atomic mass is 10.1. The quantitative estimate of drug-likeness (QED) is 0.829. The first-order valence-electron chi connectivity index (χ1n) is 6.85. The molecule has 2 aliphatic rings. The summed E-state index contributed by atoms with van der Waals surface area (Å²) in [6, 6.07) is 4.90. The van der Waals surface area contributed by atoms with Crippen LogP contribution < -0.4 is 10.2 Å². The van der Waals surface area contributed by atoms with Crippen molar-refractivity contribution in [1.29, 1.82) is 5.26 Å². The molecule has 3 rings (SSSR count). The maximum Gasteiger partial charge on any atom is 0.146 e. The van der Waals surface area contributed by atoms with E-state index in [4.69, 9.17) is 0 Å². The van der Waals surface area contributed by atoms with Crippen molar-refractivity contribution in [2.75, 3.05) is 44.2 Å². The lowest BCUT2D eigenvalue weighted by Crippen LogP contribution is -2.61. The van der Waals surface area contributed by atoms with Gasteiger partial charge in [-0.05, 0) is 18.6 Å². The van der Waals surface area contributed by atoms with Crippen LogP contribution in [0.2, 0.25) is 0 Å². The average molecular weight is 257 g/mol. The van der Waals surface area contributed by atoms with E-state index in [-0.39, 0.29) is 0 Å². The third-order valence-corrected chi connectivity index (χ3v) is 4.14. The van der Waals surface area contributed by atoms with Crippen molar-refractivity contribution in [2.24, 2.45) is 0 Å². The summed E-state index contributed by atoms with van der Waals surface area (Å²) >= 11 is 0. The Morgan fingerprint density at radius 1 is 1.32 bits per heavy atom. The van der Waals surface area contributed by atoms with Gasteiger partial charge >= 0.3 is 0 Å². The van der Waals surface area contributed by atoms with Crippen LogP contribution in [0, 0.1) is 18.3 Å². The molecular formula is C14H19N5. The topological polar surface area (TPSA) is 55.2 Å². The number of piperazine rings is 1. The average Bonchev–Trinajstić information content (AvgIpc) is 2.37. The van der Waals surface area contributed by atoms with Gasteiger partial charge in [0.2, 0.25) is 0 Å². The molecule has 0 bridgehead atoms. The minimum atomic E-state index is 0.711. The number of nitrogens with one attached hydrogen (secondary N) is 1. The molecule has 1 aromatic heterocycles. The van der Waals surface area contributed by atoms with Gasteiger partial charge in [-0.25, -0.2) is 4.98 Å². The highest BCUT2D eigenvalue weighted by atomic mass is 15.3. The number of anilines is 1. The fraction of sp³-hybridized carbons (Fsp3) is 0.571. The molecule has 19 heavy (non-hydrogen) atoms. The zero-order valence-corrected chi connectivity index (χ0v) is 11.3. The summed E-state index contributed by atoms with van der Waals surface area (Å²) in [6.07, 6.45) is 1.80. The summed E-state index contributed by atoms with van der Waals surface area (Å²) in [6.45, 7) is 8.25. The molecule has 2 aliphatic heterocycles. The summed E-state index contributed by atoms with van der Waals surface area (Å²) in [5.74, 6) is 0.855. The summed E-state index contributed by atoms with van der Waals surface area (Å²) in [4.78, 5) is 9.19. The standard InChI is InChI=1S/C14H19N5/c1-11-2-3-17-14(13(11)8-15)19-6-4-18(5-7-19)12-9-16-10-12/h2-3,12,16H,4-7,9-10H2,1H3. The maximum atomic E-state index is 9.28. The van der Waals surface area contributed by atoms with Crippen molar-refractivity contribution in [3.63, 3.8) is 0 Å². The molecule has 0 radical (unpaired) electrons. The number of hydrogen-bond acceptors (Lipinski definition) is 5. The van der Waals surface area contributed by atoms with Crippen LogP contribution in [0.15, 0.2) is 12.3 Å². The zero-order valence-electron chi connectivity index (χ0n) is 11.3. The molecule has 5 nitrogen and oxygen atoms in total. The highest BCUT2D eigenvalue weighted by Gasteiger charge is 2.28. The SMILES string of the molecule is Cc1ccnc(N2CCN(C3CNC3)CC2)c1C#N. The number of hydrogen-bond donors (Lipinski definition) is 1.